The van der Waals surface area contributed by atoms with Gasteiger partial charge in [0.25, 0.3) is 0 Å². The van der Waals surface area contributed by atoms with Crippen molar-refractivity contribution in [1.82, 2.24) is 5.32 Å². The highest BCUT2D eigenvalue weighted by molar-refractivity contribution is 7.99. The van der Waals surface area contributed by atoms with Crippen molar-refractivity contribution in [2.75, 3.05) is 12.3 Å². The first-order valence-electron chi connectivity index (χ1n) is 9.20. The smallest absolute Gasteiger partial charge is 0.0189 e. The molecule has 0 radical (unpaired) electrons. The predicted molar refractivity (Wildman–Crippen MR) is 92.5 cm³/mol. The fraction of sp³-hybridized carbons (Fsp3) is 1.00. The molecule has 0 aromatic rings. The van der Waals surface area contributed by atoms with E-state index in [1.807, 2.05) is 0 Å². The lowest BCUT2D eigenvalue weighted by Gasteiger charge is -2.37. The second kappa shape index (κ2) is 9.35. The molecule has 0 aliphatic heterocycles. The first-order chi connectivity index (χ1) is 9.85. The van der Waals surface area contributed by atoms with Gasteiger partial charge in [-0.15, -0.1) is 0 Å². The third-order valence-corrected chi connectivity index (χ3v) is 6.97. The van der Waals surface area contributed by atoms with Crippen LogP contribution in [0.4, 0.5) is 0 Å². The van der Waals surface area contributed by atoms with Gasteiger partial charge < -0.3 is 5.32 Å². The molecule has 20 heavy (non-hydrogen) atoms. The Hall–Kier alpha value is 0.310. The molecule has 2 heteroatoms. The Labute approximate surface area is 131 Å². The predicted octanol–water partition coefficient (Wildman–Crippen LogP) is 5.25. The van der Waals surface area contributed by atoms with Gasteiger partial charge in [-0.1, -0.05) is 52.4 Å². The summed E-state index contributed by atoms with van der Waals surface area (Å²) in [5, 5.41) is 4.88. The summed E-state index contributed by atoms with van der Waals surface area (Å²) in [6, 6.07) is 0.783. The van der Waals surface area contributed by atoms with Gasteiger partial charge in [0.2, 0.25) is 0 Å². The van der Waals surface area contributed by atoms with Crippen molar-refractivity contribution in [2.45, 2.75) is 89.3 Å². The summed E-state index contributed by atoms with van der Waals surface area (Å²) < 4.78 is 0. The van der Waals surface area contributed by atoms with Crippen LogP contribution >= 0.6 is 11.8 Å². The third kappa shape index (κ3) is 4.94. The van der Waals surface area contributed by atoms with Crippen molar-refractivity contribution in [1.29, 1.82) is 0 Å². The molecule has 0 bridgehead atoms. The lowest BCUT2D eigenvalue weighted by Crippen LogP contribution is -2.43. The summed E-state index contributed by atoms with van der Waals surface area (Å²) >= 11 is 2.29. The monoisotopic (exact) mass is 297 g/mol. The topological polar surface area (TPSA) is 12.0 Å². The summed E-state index contributed by atoms with van der Waals surface area (Å²) in [5.41, 5.74) is 0. The van der Waals surface area contributed by atoms with Crippen LogP contribution in [-0.2, 0) is 0 Å². The van der Waals surface area contributed by atoms with E-state index >= 15 is 0 Å². The lowest BCUT2D eigenvalue weighted by atomic mass is 9.74. The van der Waals surface area contributed by atoms with Crippen LogP contribution in [0, 0.1) is 11.8 Å². The molecule has 0 amide bonds. The molecule has 2 aliphatic rings. The number of hydrogen-bond donors (Lipinski definition) is 1. The maximum Gasteiger partial charge on any atom is 0.0189 e. The maximum absolute atomic E-state index is 3.91. The van der Waals surface area contributed by atoms with Crippen molar-refractivity contribution in [3.05, 3.63) is 0 Å². The second-order valence-corrected chi connectivity index (χ2v) is 8.25. The van der Waals surface area contributed by atoms with Crippen LogP contribution in [0.15, 0.2) is 0 Å². The zero-order valence-corrected chi connectivity index (χ0v) is 14.5. The Morgan fingerprint density at radius 3 is 2.40 bits per heavy atom. The second-order valence-electron chi connectivity index (χ2n) is 6.92. The van der Waals surface area contributed by atoms with Gasteiger partial charge in [-0.3, -0.25) is 0 Å². The molecule has 3 atom stereocenters. The first-order valence-corrected chi connectivity index (χ1v) is 10.2. The molecule has 1 nitrogen and oxygen atoms in total. The van der Waals surface area contributed by atoms with Gasteiger partial charge in [0, 0.05) is 17.0 Å². The molecule has 2 saturated carbocycles. The normalized spacial score (nSPS) is 29.7. The zero-order valence-electron chi connectivity index (χ0n) is 13.7. The third-order valence-electron chi connectivity index (χ3n) is 5.48. The average molecular weight is 298 g/mol. The Balaban J connectivity index is 1.86. The van der Waals surface area contributed by atoms with Crippen molar-refractivity contribution in [3.8, 4) is 0 Å². The Kier molecular flexibility index (Phi) is 7.80. The van der Waals surface area contributed by atoms with E-state index in [1.165, 1.54) is 76.5 Å². The molecule has 1 N–H and O–H groups in total. The number of nitrogens with one attached hydrogen (secondary N) is 1. The van der Waals surface area contributed by atoms with E-state index in [4.69, 9.17) is 0 Å². The molecule has 0 aromatic carbocycles. The average Bonchev–Trinajstić information content (AvgIpc) is 3.01. The molecule has 0 saturated heterocycles. The molecule has 3 unspecified atom stereocenters. The quantitative estimate of drug-likeness (QED) is 0.657. The van der Waals surface area contributed by atoms with Gasteiger partial charge in [-0.25, -0.2) is 0 Å². The summed E-state index contributed by atoms with van der Waals surface area (Å²) in [6.07, 6.45) is 14.5. The maximum atomic E-state index is 3.91. The van der Waals surface area contributed by atoms with Crippen molar-refractivity contribution in [2.24, 2.45) is 11.8 Å². The van der Waals surface area contributed by atoms with Crippen LogP contribution in [0.25, 0.3) is 0 Å². The summed E-state index contributed by atoms with van der Waals surface area (Å²) in [7, 11) is 0. The highest BCUT2D eigenvalue weighted by Crippen LogP contribution is 2.37. The van der Waals surface area contributed by atoms with Gasteiger partial charge in [-0.05, 0) is 44.1 Å². The minimum atomic E-state index is 0.783. The van der Waals surface area contributed by atoms with Crippen molar-refractivity contribution >= 4 is 11.8 Å². The molecule has 2 rings (SSSR count). The van der Waals surface area contributed by atoms with E-state index in [2.05, 4.69) is 30.9 Å². The highest BCUT2D eigenvalue weighted by atomic mass is 32.2. The highest BCUT2D eigenvalue weighted by Gasteiger charge is 2.31. The SMILES string of the molecule is CCCNC(CSC1CCCC1)C1CCCCC1CC. The van der Waals surface area contributed by atoms with Gasteiger partial charge in [0.1, 0.15) is 0 Å². The molecule has 118 valence electrons. The van der Waals surface area contributed by atoms with Crippen LogP contribution < -0.4 is 5.32 Å². The Morgan fingerprint density at radius 2 is 1.70 bits per heavy atom. The molecular weight excluding hydrogens is 262 g/mol. The standard InChI is InChI=1S/C18H35NS/c1-3-13-19-18(14-20-16-10-6-7-11-16)17-12-8-5-9-15(17)4-2/h15-19H,3-14H2,1-2H3. The number of hydrogen-bond acceptors (Lipinski definition) is 2. The Morgan fingerprint density at radius 1 is 1.00 bits per heavy atom. The largest absolute Gasteiger partial charge is 0.313 e. The van der Waals surface area contributed by atoms with E-state index in [1.54, 1.807) is 0 Å². The Bertz CT molecular complexity index is 250. The fourth-order valence-electron chi connectivity index (χ4n) is 4.23. The lowest BCUT2D eigenvalue weighted by molar-refractivity contribution is 0.185. The van der Waals surface area contributed by atoms with E-state index in [0.29, 0.717) is 0 Å². The van der Waals surface area contributed by atoms with Gasteiger partial charge in [-0.2, -0.15) is 11.8 Å². The molecule has 0 spiro atoms. The van der Waals surface area contributed by atoms with Crippen molar-refractivity contribution in [3.63, 3.8) is 0 Å². The summed E-state index contributed by atoms with van der Waals surface area (Å²) in [4.78, 5) is 0. The zero-order chi connectivity index (χ0) is 14.2. The fourth-order valence-corrected chi connectivity index (χ4v) is 5.74. The number of thioether (sulfide) groups is 1. The van der Waals surface area contributed by atoms with Crippen LogP contribution in [0.3, 0.4) is 0 Å². The minimum Gasteiger partial charge on any atom is -0.313 e. The van der Waals surface area contributed by atoms with Gasteiger partial charge in [0.15, 0.2) is 0 Å². The van der Waals surface area contributed by atoms with E-state index in [-0.39, 0.29) is 0 Å². The van der Waals surface area contributed by atoms with E-state index in [9.17, 15) is 0 Å². The molecular formula is C18H35NS. The number of rotatable bonds is 8. The van der Waals surface area contributed by atoms with Gasteiger partial charge >= 0.3 is 0 Å². The summed E-state index contributed by atoms with van der Waals surface area (Å²) in [5.74, 6) is 3.31. The van der Waals surface area contributed by atoms with Crippen molar-refractivity contribution < 1.29 is 0 Å². The van der Waals surface area contributed by atoms with Crippen LogP contribution in [0.1, 0.15) is 78.1 Å². The minimum absolute atomic E-state index is 0.783. The molecule has 2 aliphatic carbocycles. The first kappa shape index (κ1) is 16.7. The van der Waals surface area contributed by atoms with Gasteiger partial charge in [0.05, 0.1) is 0 Å². The molecule has 0 heterocycles. The molecule has 0 aromatic heterocycles. The van der Waals surface area contributed by atoms with Crippen LogP contribution in [-0.4, -0.2) is 23.6 Å². The van der Waals surface area contributed by atoms with Crippen LogP contribution in [0.5, 0.6) is 0 Å². The summed E-state index contributed by atoms with van der Waals surface area (Å²) in [6.45, 7) is 5.92. The van der Waals surface area contributed by atoms with Crippen LogP contribution in [0.2, 0.25) is 0 Å². The van der Waals surface area contributed by atoms with E-state index in [0.717, 1.165) is 23.1 Å². The van der Waals surface area contributed by atoms with E-state index < -0.39 is 0 Å². The molecule has 2 fully saturated rings.